The molecule has 2 aromatic carbocycles. The van der Waals surface area contributed by atoms with Crippen LogP contribution in [0.3, 0.4) is 0 Å². The van der Waals surface area contributed by atoms with Crippen molar-refractivity contribution >= 4 is 27.6 Å². The topological polar surface area (TPSA) is 76.1 Å². The summed E-state index contributed by atoms with van der Waals surface area (Å²) in [4.78, 5) is 16.4. The molecule has 0 radical (unpaired) electrons. The highest BCUT2D eigenvalue weighted by Crippen LogP contribution is 2.42. The highest BCUT2D eigenvalue weighted by Gasteiger charge is 2.36. The molecule has 186 valence electrons. The molecule has 0 amide bonds. The van der Waals surface area contributed by atoms with Crippen molar-refractivity contribution < 1.29 is 30.8 Å². The maximum Gasteiger partial charge on any atom is 0.417 e. The molecule has 1 heterocycles. The van der Waals surface area contributed by atoms with Gasteiger partial charge in [-0.2, -0.15) is 13.2 Å². The molecule has 0 unspecified atom stereocenters. The summed E-state index contributed by atoms with van der Waals surface area (Å²) < 4.78 is 83.4. The van der Waals surface area contributed by atoms with Crippen LogP contribution >= 0.6 is 0 Å². The first-order chi connectivity index (χ1) is 17.0. The largest absolute Gasteiger partial charge is 0.417 e. The third kappa shape index (κ3) is 4.90. The number of allylic oxidation sites excluding steroid dienone is 1. The van der Waals surface area contributed by atoms with Crippen LogP contribution in [0.1, 0.15) is 35.4 Å². The number of benzene rings is 2. The number of nitrogens with zero attached hydrogens (tertiary/aromatic N) is 1. The molecule has 5 rings (SSSR count). The quantitative estimate of drug-likeness (QED) is 0.403. The number of ketones is 1. The van der Waals surface area contributed by atoms with E-state index in [2.05, 4.69) is 9.71 Å². The van der Waals surface area contributed by atoms with Gasteiger partial charge in [-0.15, -0.1) is 0 Å². The maximum absolute atomic E-state index is 14.2. The Morgan fingerprint density at radius 2 is 1.83 bits per heavy atom. The number of Topliss-reactive ketones (excluding diaryl/α,β-unsaturated/α-hetero) is 1. The summed E-state index contributed by atoms with van der Waals surface area (Å²) in [6, 6.07) is 8.81. The van der Waals surface area contributed by atoms with Gasteiger partial charge >= 0.3 is 6.18 Å². The Labute approximate surface area is 204 Å². The summed E-state index contributed by atoms with van der Waals surface area (Å²) in [5.41, 5.74) is 0.302. The van der Waals surface area contributed by atoms with Crippen molar-refractivity contribution in [1.29, 1.82) is 0 Å². The van der Waals surface area contributed by atoms with Crippen LogP contribution in [0, 0.1) is 11.7 Å². The maximum atomic E-state index is 14.2. The van der Waals surface area contributed by atoms with Crippen molar-refractivity contribution in [3.05, 3.63) is 82.9 Å². The number of sulfonamides is 1. The van der Waals surface area contributed by atoms with Crippen molar-refractivity contribution in [2.45, 2.75) is 36.8 Å². The fourth-order valence-electron chi connectivity index (χ4n) is 4.26. The Morgan fingerprint density at radius 3 is 2.53 bits per heavy atom. The molecule has 5 nitrogen and oxygen atoms in total. The van der Waals surface area contributed by atoms with Gasteiger partial charge in [-0.3, -0.25) is 14.5 Å². The SMILES string of the molecule is O=C(Cc1cc(-c2ccc(NS(=O)(=O)c3cccc(F)c3)cc2C(F)(F)F)c2c(n1)CC=C2)C1CC1. The second-order valence-electron chi connectivity index (χ2n) is 8.87. The van der Waals surface area contributed by atoms with Gasteiger partial charge in [-0.1, -0.05) is 24.3 Å². The van der Waals surface area contributed by atoms with Crippen LogP contribution in [0.15, 0.2) is 59.5 Å². The van der Waals surface area contributed by atoms with Gasteiger partial charge in [0.1, 0.15) is 11.6 Å². The molecule has 3 aromatic rings. The third-order valence-corrected chi connectivity index (χ3v) is 7.53. The van der Waals surface area contributed by atoms with Crippen LogP contribution in [0.25, 0.3) is 17.2 Å². The van der Waals surface area contributed by atoms with Crippen molar-refractivity contribution in [2.24, 2.45) is 5.92 Å². The minimum absolute atomic E-state index is 0.00207. The zero-order chi connectivity index (χ0) is 25.7. The number of anilines is 1. The van der Waals surface area contributed by atoms with Gasteiger partial charge in [0, 0.05) is 35.7 Å². The molecule has 10 heteroatoms. The summed E-state index contributed by atoms with van der Waals surface area (Å²) in [5.74, 6) is -0.768. The van der Waals surface area contributed by atoms with Crippen molar-refractivity contribution in [3.63, 3.8) is 0 Å². The van der Waals surface area contributed by atoms with Crippen molar-refractivity contribution in [3.8, 4) is 11.1 Å². The zero-order valence-corrected chi connectivity index (χ0v) is 19.6. The molecule has 0 bridgehead atoms. The van der Waals surface area contributed by atoms with Crippen molar-refractivity contribution in [2.75, 3.05) is 4.72 Å². The molecule has 0 atom stereocenters. The van der Waals surface area contributed by atoms with Crippen LogP contribution in [0.2, 0.25) is 0 Å². The highest BCUT2D eigenvalue weighted by atomic mass is 32.2. The highest BCUT2D eigenvalue weighted by molar-refractivity contribution is 7.92. The fraction of sp³-hybridized carbons (Fsp3) is 0.231. The third-order valence-electron chi connectivity index (χ3n) is 6.15. The van der Waals surface area contributed by atoms with Crippen molar-refractivity contribution in [1.82, 2.24) is 4.98 Å². The molecular formula is C26H20F4N2O3S. The van der Waals surface area contributed by atoms with Crippen LogP contribution in [0.4, 0.5) is 23.2 Å². The lowest BCUT2D eigenvalue weighted by Crippen LogP contribution is -2.15. The van der Waals surface area contributed by atoms with E-state index in [0.717, 1.165) is 31.0 Å². The molecule has 1 N–H and O–H groups in total. The molecule has 36 heavy (non-hydrogen) atoms. The van der Waals surface area contributed by atoms with Gasteiger partial charge in [0.15, 0.2) is 0 Å². The number of carbonyl (C=O) groups excluding carboxylic acids is 1. The zero-order valence-electron chi connectivity index (χ0n) is 18.8. The lowest BCUT2D eigenvalue weighted by Gasteiger charge is -2.18. The Kier molecular flexibility index (Phi) is 5.94. The van der Waals surface area contributed by atoms with Gasteiger partial charge in [-0.05, 0) is 60.4 Å². The molecule has 1 saturated carbocycles. The predicted octanol–water partition coefficient (Wildman–Crippen LogP) is 5.80. The molecule has 1 fully saturated rings. The van der Waals surface area contributed by atoms with E-state index < -0.39 is 32.5 Å². The fourth-order valence-corrected chi connectivity index (χ4v) is 5.34. The summed E-state index contributed by atoms with van der Waals surface area (Å²) >= 11 is 0. The normalized spacial score (nSPS) is 15.1. The Bertz CT molecular complexity index is 1510. The first-order valence-corrected chi connectivity index (χ1v) is 12.7. The van der Waals surface area contributed by atoms with E-state index in [0.29, 0.717) is 29.4 Å². The number of carbonyl (C=O) groups is 1. The van der Waals surface area contributed by atoms with Gasteiger partial charge in [0.05, 0.1) is 16.2 Å². The standard InChI is InChI=1S/C26H20F4N2O3S/c27-16-3-1-4-19(11-16)36(34,35)32-17-9-10-20(23(13-17)26(28,29)30)22-12-18(14-25(33)15-7-8-15)31-24-6-2-5-21(22)24/h1-5,9-13,15,32H,6-8,14H2. The first kappa shape index (κ1) is 24.2. The predicted molar refractivity (Wildman–Crippen MR) is 126 cm³/mol. The van der Waals surface area contributed by atoms with Gasteiger partial charge in [0.2, 0.25) is 0 Å². The second kappa shape index (κ2) is 8.85. The number of rotatable bonds is 7. The number of aromatic nitrogens is 1. The van der Waals surface area contributed by atoms with E-state index in [1.807, 2.05) is 0 Å². The smallest absolute Gasteiger partial charge is 0.299 e. The Morgan fingerprint density at radius 1 is 1.06 bits per heavy atom. The van der Waals surface area contributed by atoms with Crippen LogP contribution in [0.5, 0.6) is 0 Å². The number of hydrogen-bond acceptors (Lipinski definition) is 4. The number of alkyl halides is 3. The van der Waals surface area contributed by atoms with E-state index in [4.69, 9.17) is 0 Å². The Balaban J connectivity index is 1.56. The lowest BCUT2D eigenvalue weighted by molar-refractivity contribution is -0.137. The molecular weight excluding hydrogens is 496 g/mol. The van der Waals surface area contributed by atoms with Gasteiger partial charge < -0.3 is 0 Å². The number of fused-ring (bicyclic) bond motifs is 1. The number of nitrogens with one attached hydrogen (secondary N) is 1. The monoisotopic (exact) mass is 516 g/mol. The second-order valence-corrected chi connectivity index (χ2v) is 10.5. The van der Waals surface area contributed by atoms with E-state index in [9.17, 15) is 30.8 Å². The number of pyridine rings is 1. The molecule has 1 aromatic heterocycles. The lowest BCUT2D eigenvalue weighted by atomic mass is 9.93. The van der Waals surface area contributed by atoms with Gasteiger partial charge in [-0.25, -0.2) is 12.8 Å². The molecule has 0 spiro atoms. The summed E-state index contributed by atoms with van der Waals surface area (Å²) in [6.45, 7) is 0. The summed E-state index contributed by atoms with van der Waals surface area (Å²) in [6.07, 6.45) is 0.830. The number of halogens is 4. The van der Waals surface area contributed by atoms with Crippen LogP contribution in [-0.2, 0) is 33.8 Å². The van der Waals surface area contributed by atoms with E-state index in [1.54, 1.807) is 12.2 Å². The average molecular weight is 517 g/mol. The number of hydrogen-bond donors (Lipinski definition) is 1. The molecule has 0 aliphatic heterocycles. The van der Waals surface area contributed by atoms with E-state index >= 15 is 0 Å². The van der Waals surface area contributed by atoms with Crippen LogP contribution in [-0.4, -0.2) is 19.2 Å². The minimum atomic E-state index is -4.81. The first-order valence-electron chi connectivity index (χ1n) is 11.2. The summed E-state index contributed by atoms with van der Waals surface area (Å²) in [7, 11) is -4.32. The molecule has 0 saturated heterocycles. The van der Waals surface area contributed by atoms with Gasteiger partial charge in [0.25, 0.3) is 10.0 Å². The average Bonchev–Trinajstić information content (AvgIpc) is 3.56. The molecule has 2 aliphatic carbocycles. The minimum Gasteiger partial charge on any atom is -0.299 e. The van der Waals surface area contributed by atoms with E-state index in [1.165, 1.54) is 24.3 Å². The van der Waals surface area contributed by atoms with E-state index in [-0.39, 0.29) is 34.9 Å². The molecule has 2 aliphatic rings. The van der Waals surface area contributed by atoms with Crippen LogP contribution < -0.4 is 4.72 Å². The Hall–Kier alpha value is -3.53. The summed E-state index contributed by atoms with van der Waals surface area (Å²) in [5, 5.41) is 0.